The molecule has 1 heterocycles. The summed E-state index contributed by atoms with van der Waals surface area (Å²) in [5.41, 5.74) is 0.452. The Kier molecular flexibility index (Phi) is 4.02. The summed E-state index contributed by atoms with van der Waals surface area (Å²) in [7, 11) is 0. The molecule has 2 nitrogen and oxygen atoms in total. The van der Waals surface area contributed by atoms with Crippen molar-refractivity contribution in [2.75, 3.05) is 6.61 Å². The van der Waals surface area contributed by atoms with E-state index in [4.69, 9.17) is 16.3 Å². The summed E-state index contributed by atoms with van der Waals surface area (Å²) < 4.78 is 41.8. The quantitative estimate of drug-likeness (QED) is 0.748. The SMILES string of the molecule is F[B-](F)(F)c1cncc(OC/C=C/Cl)c1. The van der Waals surface area contributed by atoms with Crippen molar-refractivity contribution in [3.8, 4) is 5.75 Å². The maximum atomic E-state index is 12.3. The van der Waals surface area contributed by atoms with Gasteiger partial charge in [0.2, 0.25) is 0 Å². The fourth-order valence-electron chi connectivity index (χ4n) is 0.874. The van der Waals surface area contributed by atoms with Gasteiger partial charge >= 0.3 is 6.98 Å². The van der Waals surface area contributed by atoms with Crippen molar-refractivity contribution in [1.29, 1.82) is 0 Å². The maximum Gasteiger partial charge on any atom is 0.511 e. The molecule has 1 rings (SSSR count). The van der Waals surface area contributed by atoms with Crippen LogP contribution in [0.5, 0.6) is 5.75 Å². The second-order valence-electron chi connectivity index (χ2n) is 2.70. The molecule has 82 valence electrons. The van der Waals surface area contributed by atoms with Gasteiger partial charge in [-0.15, -0.1) is 0 Å². The van der Waals surface area contributed by atoms with Crippen LogP contribution in [0.3, 0.4) is 0 Å². The number of ether oxygens (including phenoxy) is 1. The van der Waals surface area contributed by atoms with Gasteiger partial charge in [-0.05, 0) is 12.1 Å². The minimum absolute atomic E-state index is 0.0708. The molecule has 0 spiro atoms. The normalized spacial score (nSPS) is 12.0. The van der Waals surface area contributed by atoms with E-state index in [1.54, 1.807) is 0 Å². The topological polar surface area (TPSA) is 22.1 Å². The lowest BCUT2D eigenvalue weighted by molar-refractivity contribution is 0.361. The van der Waals surface area contributed by atoms with E-state index >= 15 is 0 Å². The zero-order valence-electron chi connectivity index (χ0n) is 7.54. The molecule has 0 amide bonds. The third-order valence-electron chi connectivity index (χ3n) is 1.55. The van der Waals surface area contributed by atoms with Crippen molar-refractivity contribution in [2.45, 2.75) is 0 Å². The molecule has 0 saturated carbocycles. The summed E-state index contributed by atoms with van der Waals surface area (Å²) in [6.07, 6.45) is 3.45. The monoisotopic (exact) mass is 236 g/mol. The van der Waals surface area contributed by atoms with Crippen LogP contribution in [0.4, 0.5) is 12.9 Å². The van der Waals surface area contributed by atoms with Crippen LogP contribution >= 0.6 is 11.6 Å². The van der Waals surface area contributed by atoms with Gasteiger partial charge in [0.25, 0.3) is 0 Å². The minimum atomic E-state index is -5.03. The highest BCUT2D eigenvalue weighted by molar-refractivity contribution is 6.73. The lowest BCUT2D eigenvalue weighted by atomic mass is 9.81. The first kappa shape index (κ1) is 11.9. The molecule has 0 N–H and O–H groups in total. The summed E-state index contributed by atoms with van der Waals surface area (Å²) in [5.74, 6) is 0.0708. The van der Waals surface area contributed by atoms with E-state index in [2.05, 4.69) is 4.98 Å². The molecule has 1 aromatic heterocycles. The van der Waals surface area contributed by atoms with Crippen LogP contribution in [-0.2, 0) is 0 Å². The molecular formula is C8H7BClF3NO-. The van der Waals surface area contributed by atoms with E-state index in [1.807, 2.05) is 0 Å². The van der Waals surface area contributed by atoms with Crippen molar-refractivity contribution in [3.05, 3.63) is 30.1 Å². The largest absolute Gasteiger partial charge is 0.511 e. The van der Waals surface area contributed by atoms with Crippen LogP contribution < -0.4 is 10.2 Å². The molecule has 15 heavy (non-hydrogen) atoms. The number of halogens is 4. The van der Waals surface area contributed by atoms with Crippen LogP contribution in [0.1, 0.15) is 0 Å². The Labute approximate surface area is 89.8 Å². The number of pyridine rings is 1. The first-order valence-corrected chi connectivity index (χ1v) is 4.50. The second kappa shape index (κ2) is 5.07. The lowest BCUT2D eigenvalue weighted by Gasteiger charge is -2.14. The molecule has 1 aromatic rings. The number of nitrogens with zero attached hydrogens (tertiary/aromatic N) is 1. The molecule has 0 saturated heterocycles. The highest BCUT2D eigenvalue weighted by Gasteiger charge is 2.26. The van der Waals surface area contributed by atoms with Gasteiger partial charge in [-0.25, -0.2) is 0 Å². The summed E-state index contributed by atoms with van der Waals surface area (Å²) in [5, 5.41) is 0. The number of rotatable bonds is 4. The molecule has 0 aliphatic carbocycles. The molecule has 0 atom stereocenters. The average molecular weight is 236 g/mol. The summed E-state index contributed by atoms with van der Waals surface area (Å²) >= 11 is 5.22. The Balaban J connectivity index is 2.75. The molecule has 0 aromatic carbocycles. The van der Waals surface area contributed by atoms with E-state index in [0.29, 0.717) is 0 Å². The van der Waals surface area contributed by atoms with Gasteiger partial charge in [-0.2, -0.15) is 0 Å². The van der Waals surface area contributed by atoms with Gasteiger partial charge in [0.1, 0.15) is 12.4 Å². The predicted molar refractivity (Wildman–Crippen MR) is 53.4 cm³/mol. The predicted octanol–water partition coefficient (Wildman–Crippen LogP) is 2.27. The third kappa shape index (κ3) is 3.83. The zero-order chi connectivity index (χ0) is 11.3. The van der Waals surface area contributed by atoms with E-state index in [0.717, 1.165) is 12.3 Å². The Morgan fingerprint density at radius 2 is 2.13 bits per heavy atom. The van der Waals surface area contributed by atoms with Gasteiger partial charge in [-0.1, -0.05) is 17.1 Å². The van der Waals surface area contributed by atoms with Gasteiger partial charge < -0.3 is 17.7 Å². The summed E-state index contributed by atoms with van der Waals surface area (Å²) in [4.78, 5) is 3.44. The number of hydrogen-bond donors (Lipinski definition) is 0. The van der Waals surface area contributed by atoms with Crippen LogP contribution in [0.15, 0.2) is 30.1 Å². The first-order valence-electron chi connectivity index (χ1n) is 4.07. The Hall–Kier alpha value is -1.17. The fourth-order valence-corrected chi connectivity index (χ4v) is 0.947. The molecule has 0 unspecified atom stereocenters. The van der Waals surface area contributed by atoms with Gasteiger partial charge in [0, 0.05) is 11.7 Å². The molecule has 0 aliphatic rings. The molecule has 0 bridgehead atoms. The zero-order valence-corrected chi connectivity index (χ0v) is 8.29. The fraction of sp³-hybridized carbons (Fsp3) is 0.125. The van der Waals surface area contributed by atoms with E-state index in [9.17, 15) is 12.9 Å². The standard InChI is InChI=1S/C8H7BClF3NO/c10-2-1-3-15-8-4-7(5-14-6-8)9(11,12)13/h1-2,4-6H,3H2/q-1/b2-1+. The third-order valence-corrected chi connectivity index (χ3v) is 1.73. The Morgan fingerprint density at radius 3 is 2.73 bits per heavy atom. The second-order valence-corrected chi connectivity index (χ2v) is 2.95. The highest BCUT2D eigenvalue weighted by Crippen LogP contribution is 2.12. The van der Waals surface area contributed by atoms with Crippen molar-refractivity contribution in [1.82, 2.24) is 4.98 Å². The van der Waals surface area contributed by atoms with Crippen molar-refractivity contribution in [3.63, 3.8) is 0 Å². The van der Waals surface area contributed by atoms with Gasteiger partial charge in [0.15, 0.2) is 0 Å². The Bertz CT molecular complexity index is 356. The van der Waals surface area contributed by atoms with Crippen molar-refractivity contribution >= 4 is 24.0 Å². The van der Waals surface area contributed by atoms with Gasteiger partial charge in [0.05, 0.1) is 6.20 Å². The van der Waals surface area contributed by atoms with E-state index < -0.39 is 12.4 Å². The maximum absolute atomic E-state index is 12.3. The molecular weight excluding hydrogens is 229 g/mol. The highest BCUT2D eigenvalue weighted by atomic mass is 35.5. The molecule has 0 fully saturated rings. The molecule has 0 aliphatic heterocycles. The molecule has 7 heteroatoms. The van der Waals surface area contributed by atoms with Gasteiger partial charge in [-0.3, -0.25) is 4.98 Å². The van der Waals surface area contributed by atoms with Crippen LogP contribution in [0, 0.1) is 0 Å². The first-order chi connectivity index (χ1) is 7.04. The average Bonchev–Trinajstić information content (AvgIpc) is 2.17. The smallest absolute Gasteiger partial charge is 0.488 e. The lowest BCUT2D eigenvalue weighted by Crippen LogP contribution is -2.34. The summed E-state index contributed by atoms with van der Waals surface area (Å²) in [6, 6.07) is 0.912. The van der Waals surface area contributed by atoms with Crippen LogP contribution in [-0.4, -0.2) is 18.6 Å². The van der Waals surface area contributed by atoms with Crippen molar-refractivity contribution in [2.24, 2.45) is 0 Å². The number of aromatic nitrogens is 1. The van der Waals surface area contributed by atoms with E-state index in [1.165, 1.54) is 17.8 Å². The molecule has 0 radical (unpaired) electrons. The Morgan fingerprint density at radius 1 is 1.40 bits per heavy atom. The minimum Gasteiger partial charge on any atom is -0.488 e. The van der Waals surface area contributed by atoms with E-state index in [-0.39, 0.29) is 12.4 Å². The number of hydrogen-bond acceptors (Lipinski definition) is 2. The summed E-state index contributed by atoms with van der Waals surface area (Å²) in [6.45, 7) is -4.92. The van der Waals surface area contributed by atoms with Crippen LogP contribution in [0.25, 0.3) is 0 Å². The van der Waals surface area contributed by atoms with Crippen LogP contribution in [0.2, 0.25) is 0 Å². The van der Waals surface area contributed by atoms with Crippen molar-refractivity contribution < 1.29 is 17.7 Å².